The predicted molar refractivity (Wildman–Crippen MR) is 98.5 cm³/mol. The molecule has 0 aliphatic carbocycles. The molecule has 2 N–H and O–H groups in total. The van der Waals surface area contributed by atoms with E-state index in [9.17, 15) is 4.79 Å². The molecule has 1 aromatic heterocycles. The van der Waals surface area contributed by atoms with Gasteiger partial charge in [-0.05, 0) is 41.7 Å². The number of nitrogens with zero attached hydrogens (tertiary/aromatic N) is 2. The molecule has 1 amide bonds. The molecule has 122 valence electrons. The fourth-order valence-electron chi connectivity index (χ4n) is 3.42. The molecule has 24 heavy (non-hydrogen) atoms. The van der Waals surface area contributed by atoms with Gasteiger partial charge in [-0.25, -0.2) is 4.98 Å². The quantitative estimate of drug-likeness (QED) is 0.798. The van der Waals surface area contributed by atoms with Crippen LogP contribution in [0.25, 0.3) is 10.2 Å². The van der Waals surface area contributed by atoms with E-state index in [1.807, 2.05) is 12.1 Å². The first-order valence-corrected chi connectivity index (χ1v) is 8.92. The molecule has 0 fully saturated rings. The van der Waals surface area contributed by atoms with Gasteiger partial charge in [-0.15, -0.1) is 0 Å². The number of carbonyl (C=O) groups is 1. The Morgan fingerprint density at radius 1 is 1.29 bits per heavy atom. The SMILES string of the molecule is Cc1cccc2nc(N3CCc4c(CC(N)=O)cccc4C3)sc12. The Hall–Kier alpha value is -2.40. The third kappa shape index (κ3) is 2.65. The van der Waals surface area contributed by atoms with Crippen molar-refractivity contribution in [2.75, 3.05) is 11.4 Å². The molecule has 5 heteroatoms. The summed E-state index contributed by atoms with van der Waals surface area (Å²) < 4.78 is 1.26. The second-order valence-corrected chi connectivity index (χ2v) is 7.27. The van der Waals surface area contributed by atoms with E-state index in [-0.39, 0.29) is 5.91 Å². The highest BCUT2D eigenvalue weighted by Crippen LogP contribution is 2.34. The number of hydrogen-bond donors (Lipinski definition) is 1. The summed E-state index contributed by atoms with van der Waals surface area (Å²) in [5.74, 6) is -0.271. The predicted octanol–water partition coefficient (Wildman–Crippen LogP) is 3.20. The van der Waals surface area contributed by atoms with Gasteiger partial charge in [0.2, 0.25) is 5.91 Å². The number of carbonyl (C=O) groups excluding carboxylic acids is 1. The van der Waals surface area contributed by atoms with Gasteiger partial charge in [-0.2, -0.15) is 0 Å². The number of anilines is 1. The van der Waals surface area contributed by atoms with E-state index in [0.29, 0.717) is 6.42 Å². The third-order valence-electron chi connectivity index (χ3n) is 4.60. The topological polar surface area (TPSA) is 59.2 Å². The standard InChI is InChI=1S/C19H19N3OS/c1-12-4-2-7-16-18(12)24-19(21-16)22-9-8-15-13(10-17(20)23)5-3-6-14(15)11-22/h2-7H,8-11H2,1H3,(H2,20,23). The number of benzene rings is 2. The van der Waals surface area contributed by atoms with Crippen molar-refractivity contribution in [3.8, 4) is 0 Å². The molecule has 0 radical (unpaired) electrons. The van der Waals surface area contributed by atoms with Gasteiger partial charge in [0.1, 0.15) is 0 Å². The molecule has 4 rings (SSSR count). The largest absolute Gasteiger partial charge is 0.369 e. The van der Waals surface area contributed by atoms with Crippen molar-refractivity contribution in [3.05, 3.63) is 58.7 Å². The number of rotatable bonds is 3. The molecular weight excluding hydrogens is 318 g/mol. The summed E-state index contributed by atoms with van der Waals surface area (Å²) in [5.41, 5.74) is 11.3. The number of aromatic nitrogens is 1. The van der Waals surface area contributed by atoms with Gasteiger partial charge in [0.25, 0.3) is 0 Å². The van der Waals surface area contributed by atoms with Gasteiger partial charge in [0, 0.05) is 13.1 Å². The molecule has 0 unspecified atom stereocenters. The number of amides is 1. The first kappa shape index (κ1) is 15.1. The van der Waals surface area contributed by atoms with Crippen molar-refractivity contribution in [2.45, 2.75) is 26.3 Å². The van der Waals surface area contributed by atoms with Crippen LogP contribution in [0, 0.1) is 6.92 Å². The van der Waals surface area contributed by atoms with E-state index in [2.05, 4.69) is 36.1 Å². The van der Waals surface area contributed by atoms with Crippen LogP contribution in [0.15, 0.2) is 36.4 Å². The van der Waals surface area contributed by atoms with Gasteiger partial charge in [-0.3, -0.25) is 4.79 Å². The molecule has 2 heterocycles. The number of thiazole rings is 1. The number of primary amides is 1. The van der Waals surface area contributed by atoms with Gasteiger partial charge >= 0.3 is 0 Å². The van der Waals surface area contributed by atoms with Crippen LogP contribution in [0.2, 0.25) is 0 Å². The van der Waals surface area contributed by atoms with Crippen LogP contribution in [0.3, 0.4) is 0 Å². The Morgan fingerprint density at radius 3 is 2.92 bits per heavy atom. The summed E-state index contributed by atoms with van der Waals surface area (Å²) in [7, 11) is 0. The first-order chi connectivity index (χ1) is 11.6. The van der Waals surface area contributed by atoms with Gasteiger partial charge in [-0.1, -0.05) is 41.7 Å². The van der Waals surface area contributed by atoms with Crippen molar-refractivity contribution in [2.24, 2.45) is 5.73 Å². The fraction of sp³-hybridized carbons (Fsp3) is 0.263. The highest BCUT2D eigenvalue weighted by atomic mass is 32.1. The van der Waals surface area contributed by atoms with Crippen LogP contribution < -0.4 is 10.6 Å². The van der Waals surface area contributed by atoms with Crippen molar-refractivity contribution in [1.82, 2.24) is 4.98 Å². The minimum atomic E-state index is -0.271. The lowest BCUT2D eigenvalue weighted by Gasteiger charge is -2.29. The van der Waals surface area contributed by atoms with E-state index in [1.54, 1.807) is 11.3 Å². The van der Waals surface area contributed by atoms with E-state index in [4.69, 9.17) is 10.7 Å². The zero-order valence-corrected chi connectivity index (χ0v) is 14.4. The lowest BCUT2D eigenvalue weighted by Crippen LogP contribution is -2.31. The minimum absolute atomic E-state index is 0.271. The summed E-state index contributed by atoms with van der Waals surface area (Å²) >= 11 is 1.76. The molecule has 0 saturated carbocycles. The van der Waals surface area contributed by atoms with Crippen molar-refractivity contribution in [3.63, 3.8) is 0 Å². The highest BCUT2D eigenvalue weighted by Gasteiger charge is 2.21. The second-order valence-electron chi connectivity index (χ2n) is 6.29. The smallest absolute Gasteiger partial charge is 0.221 e. The second kappa shape index (κ2) is 5.91. The first-order valence-electron chi connectivity index (χ1n) is 8.11. The molecule has 1 aliphatic heterocycles. The Labute approximate surface area is 144 Å². The number of nitrogens with two attached hydrogens (primary N) is 1. The molecule has 3 aromatic rings. The van der Waals surface area contributed by atoms with E-state index >= 15 is 0 Å². The average Bonchev–Trinajstić information content (AvgIpc) is 3.00. The van der Waals surface area contributed by atoms with Crippen LogP contribution in [-0.2, 0) is 24.2 Å². The zero-order chi connectivity index (χ0) is 16.7. The van der Waals surface area contributed by atoms with Crippen LogP contribution in [0.5, 0.6) is 0 Å². The highest BCUT2D eigenvalue weighted by molar-refractivity contribution is 7.22. The maximum atomic E-state index is 11.3. The van der Waals surface area contributed by atoms with Gasteiger partial charge in [0.05, 0.1) is 16.6 Å². The van der Waals surface area contributed by atoms with Crippen LogP contribution in [-0.4, -0.2) is 17.4 Å². The summed E-state index contributed by atoms with van der Waals surface area (Å²) in [6.45, 7) is 3.88. The molecule has 0 spiro atoms. The zero-order valence-electron chi connectivity index (χ0n) is 13.6. The number of hydrogen-bond acceptors (Lipinski definition) is 4. The molecule has 0 bridgehead atoms. The van der Waals surface area contributed by atoms with Crippen LogP contribution in [0.1, 0.15) is 22.3 Å². The summed E-state index contributed by atoms with van der Waals surface area (Å²) in [4.78, 5) is 18.4. The van der Waals surface area contributed by atoms with Crippen molar-refractivity contribution < 1.29 is 4.79 Å². The lowest BCUT2D eigenvalue weighted by atomic mass is 9.93. The lowest BCUT2D eigenvalue weighted by molar-refractivity contribution is -0.117. The summed E-state index contributed by atoms with van der Waals surface area (Å²) in [6.07, 6.45) is 1.25. The fourth-order valence-corrected chi connectivity index (χ4v) is 4.47. The van der Waals surface area contributed by atoms with E-state index in [1.165, 1.54) is 21.4 Å². The molecule has 0 atom stereocenters. The third-order valence-corrected chi connectivity index (χ3v) is 5.87. The molecular formula is C19H19N3OS. The summed E-state index contributed by atoms with van der Waals surface area (Å²) in [5, 5.41) is 1.07. The van der Waals surface area contributed by atoms with E-state index < -0.39 is 0 Å². The number of fused-ring (bicyclic) bond motifs is 2. The van der Waals surface area contributed by atoms with Gasteiger partial charge in [0.15, 0.2) is 5.13 Å². The molecule has 0 saturated heterocycles. The van der Waals surface area contributed by atoms with Crippen molar-refractivity contribution in [1.29, 1.82) is 0 Å². The minimum Gasteiger partial charge on any atom is -0.369 e. The summed E-state index contributed by atoms with van der Waals surface area (Å²) in [6, 6.07) is 12.4. The Morgan fingerprint density at radius 2 is 2.12 bits per heavy atom. The van der Waals surface area contributed by atoms with Gasteiger partial charge < -0.3 is 10.6 Å². The monoisotopic (exact) mass is 337 g/mol. The molecule has 2 aromatic carbocycles. The maximum Gasteiger partial charge on any atom is 0.221 e. The molecule has 1 aliphatic rings. The normalized spacial score (nSPS) is 14.0. The maximum absolute atomic E-state index is 11.3. The number of aryl methyl sites for hydroxylation is 1. The van der Waals surface area contributed by atoms with Crippen LogP contribution >= 0.6 is 11.3 Å². The Kier molecular flexibility index (Phi) is 3.73. The van der Waals surface area contributed by atoms with E-state index in [0.717, 1.165) is 35.7 Å². The Balaban J connectivity index is 1.66. The molecule has 4 nitrogen and oxygen atoms in total. The van der Waals surface area contributed by atoms with Crippen LogP contribution in [0.4, 0.5) is 5.13 Å². The van der Waals surface area contributed by atoms with Crippen molar-refractivity contribution >= 4 is 32.6 Å². The average molecular weight is 337 g/mol. The Bertz CT molecular complexity index is 932.